The van der Waals surface area contributed by atoms with E-state index in [4.69, 9.17) is 21.3 Å². The maximum Gasteiger partial charge on any atom is 0.257 e. The molecule has 0 spiro atoms. The Morgan fingerprint density at radius 3 is 2.50 bits per heavy atom. The van der Waals surface area contributed by atoms with Gasteiger partial charge in [-0.3, -0.25) is 9.59 Å². The van der Waals surface area contributed by atoms with Crippen molar-refractivity contribution in [2.45, 2.75) is 45.1 Å². The highest BCUT2D eigenvalue weighted by atomic mass is 35.5. The second kappa shape index (κ2) is 11.9. The van der Waals surface area contributed by atoms with Gasteiger partial charge in [-0.25, -0.2) is 4.98 Å². The van der Waals surface area contributed by atoms with Crippen LogP contribution in [0.4, 0.5) is 0 Å². The zero-order valence-corrected chi connectivity index (χ0v) is 20.1. The standard InChI is InChI=1S/C26H31ClN4O3/c27-20-11-13-21(14-12-20)34-19-25(32)28-15-7-10-24-29-22-8-3-4-9-23(22)31(24)18-26(33)30-16-5-1-2-6-17-30/h3-4,8-9,11-14H,1-2,5-7,10,15-19H2,(H,28,32). The molecule has 0 atom stereocenters. The average Bonchev–Trinajstić information content (AvgIpc) is 3.00. The van der Waals surface area contributed by atoms with E-state index in [1.54, 1.807) is 24.3 Å². The van der Waals surface area contributed by atoms with Crippen molar-refractivity contribution in [3.8, 4) is 5.75 Å². The van der Waals surface area contributed by atoms with Crippen LogP contribution in [0.1, 0.15) is 37.9 Å². The van der Waals surface area contributed by atoms with Gasteiger partial charge in [-0.15, -0.1) is 0 Å². The summed E-state index contributed by atoms with van der Waals surface area (Å²) in [7, 11) is 0. The van der Waals surface area contributed by atoms with Gasteiger partial charge in [-0.1, -0.05) is 36.6 Å². The lowest BCUT2D eigenvalue weighted by Crippen LogP contribution is -2.35. The number of hydrogen-bond acceptors (Lipinski definition) is 4. The Morgan fingerprint density at radius 2 is 1.74 bits per heavy atom. The molecule has 3 aromatic rings. The number of likely N-dealkylation sites (tertiary alicyclic amines) is 1. The quantitative estimate of drug-likeness (QED) is 0.463. The van der Waals surface area contributed by atoms with Gasteiger partial charge < -0.3 is 19.5 Å². The molecule has 1 saturated heterocycles. The molecule has 2 heterocycles. The van der Waals surface area contributed by atoms with Crippen molar-refractivity contribution in [1.29, 1.82) is 0 Å². The summed E-state index contributed by atoms with van der Waals surface area (Å²) in [5.41, 5.74) is 1.86. The van der Waals surface area contributed by atoms with E-state index in [0.29, 0.717) is 36.7 Å². The van der Waals surface area contributed by atoms with Crippen LogP contribution in [-0.4, -0.2) is 52.5 Å². The molecule has 0 radical (unpaired) electrons. The molecule has 7 nitrogen and oxygen atoms in total. The maximum absolute atomic E-state index is 13.0. The summed E-state index contributed by atoms with van der Waals surface area (Å²) >= 11 is 5.86. The predicted molar refractivity (Wildman–Crippen MR) is 133 cm³/mol. The highest BCUT2D eigenvalue weighted by Crippen LogP contribution is 2.19. The topological polar surface area (TPSA) is 76.5 Å². The van der Waals surface area contributed by atoms with Gasteiger partial charge in [0.2, 0.25) is 5.91 Å². The number of imidazole rings is 1. The Bertz CT molecular complexity index is 1100. The number of nitrogens with zero attached hydrogens (tertiary/aromatic N) is 3. The smallest absolute Gasteiger partial charge is 0.257 e. The van der Waals surface area contributed by atoms with Gasteiger partial charge in [0.05, 0.1) is 11.0 Å². The molecule has 0 saturated carbocycles. The third-order valence-corrected chi connectivity index (χ3v) is 6.32. The first kappa shape index (κ1) is 24.1. The molecule has 34 heavy (non-hydrogen) atoms. The number of aromatic nitrogens is 2. The van der Waals surface area contributed by atoms with Crippen LogP contribution in [0.5, 0.6) is 5.75 Å². The van der Waals surface area contributed by atoms with Crippen LogP contribution in [0.2, 0.25) is 5.02 Å². The van der Waals surface area contributed by atoms with E-state index in [1.165, 1.54) is 12.8 Å². The molecule has 4 rings (SSSR count). The van der Waals surface area contributed by atoms with Crippen molar-refractivity contribution in [2.75, 3.05) is 26.2 Å². The van der Waals surface area contributed by atoms with Crippen LogP contribution in [0.15, 0.2) is 48.5 Å². The first-order valence-electron chi connectivity index (χ1n) is 12.0. The normalized spacial score (nSPS) is 14.1. The first-order chi connectivity index (χ1) is 16.6. The van der Waals surface area contributed by atoms with Gasteiger partial charge in [0.1, 0.15) is 18.1 Å². The molecule has 1 aliphatic heterocycles. The lowest BCUT2D eigenvalue weighted by molar-refractivity contribution is -0.131. The summed E-state index contributed by atoms with van der Waals surface area (Å²) in [4.78, 5) is 31.9. The number of fused-ring (bicyclic) bond motifs is 1. The molecule has 1 aliphatic rings. The van der Waals surface area contributed by atoms with Gasteiger partial charge in [-0.2, -0.15) is 0 Å². The Morgan fingerprint density at radius 1 is 1.00 bits per heavy atom. The number of carbonyl (C=O) groups is 2. The zero-order valence-electron chi connectivity index (χ0n) is 19.3. The molecular weight excluding hydrogens is 452 g/mol. The lowest BCUT2D eigenvalue weighted by atomic mass is 10.2. The van der Waals surface area contributed by atoms with Crippen LogP contribution < -0.4 is 10.1 Å². The van der Waals surface area contributed by atoms with E-state index < -0.39 is 0 Å². The number of ether oxygens (including phenoxy) is 1. The molecule has 8 heteroatoms. The van der Waals surface area contributed by atoms with Gasteiger partial charge in [0.25, 0.3) is 5.91 Å². The fourth-order valence-corrected chi connectivity index (χ4v) is 4.38. The van der Waals surface area contributed by atoms with E-state index in [2.05, 4.69) is 5.32 Å². The molecule has 0 unspecified atom stereocenters. The molecule has 1 N–H and O–H groups in total. The summed E-state index contributed by atoms with van der Waals surface area (Å²) < 4.78 is 7.51. The molecule has 1 aromatic heterocycles. The zero-order chi connectivity index (χ0) is 23.8. The van der Waals surface area contributed by atoms with Crippen molar-refractivity contribution >= 4 is 34.4 Å². The van der Waals surface area contributed by atoms with Crippen LogP contribution in [-0.2, 0) is 22.6 Å². The van der Waals surface area contributed by atoms with E-state index in [9.17, 15) is 9.59 Å². The van der Waals surface area contributed by atoms with Gasteiger partial charge in [-0.05, 0) is 55.7 Å². The molecular formula is C26H31ClN4O3. The molecule has 1 fully saturated rings. The second-order valence-corrected chi connectivity index (χ2v) is 9.03. The first-order valence-corrected chi connectivity index (χ1v) is 12.3. The Kier molecular flexibility index (Phi) is 8.41. The van der Waals surface area contributed by atoms with Crippen molar-refractivity contribution in [3.05, 3.63) is 59.4 Å². The molecule has 0 bridgehead atoms. The number of carbonyl (C=O) groups excluding carboxylic acids is 2. The molecule has 2 amide bonds. The van der Waals surface area contributed by atoms with E-state index in [0.717, 1.165) is 42.8 Å². The minimum atomic E-state index is -0.181. The number of rotatable bonds is 9. The number of nitrogens with one attached hydrogen (secondary N) is 1. The molecule has 0 aliphatic carbocycles. The van der Waals surface area contributed by atoms with Gasteiger partial charge in [0.15, 0.2) is 6.61 Å². The monoisotopic (exact) mass is 482 g/mol. The summed E-state index contributed by atoms with van der Waals surface area (Å²) in [5.74, 6) is 1.44. The highest BCUT2D eigenvalue weighted by molar-refractivity contribution is 6.30. The number of benzene rings is 2. The lowest BCUT2D eigenvalue weighted by Gasteiger charge is -2.21. The SMILES string of the molecule is O=C(COc1ccc(Cl)cc1)NCCCc1nc2ccccc2n1CC(=O)N1CCCCCC1. The predicted octanol–water partition coefficient (Wildman–Crippen LogP) is 4.22. The largest absolute Gasteiger partial charge is 0.484 e. The minimum absolute atomic E-state index is 0.0511. The van der Waals surface area contributed by atoms with E-state index in [1.807, 2.05) is 33.7 Å². The number of halogens is 1. The summed E-state index contributed by atoms with van der Waals surface area (Å²) in [6.07, 6.45) is 5.92. The third-order valence-electron chi connectivity index (χ3n) is 6.07. The summed E-state index contributed by atoms with van der Waals surface area (Å²) in [6.45, 7) is 2.43. The second-order valence-electron chi connectivity index (χ2n) is 8.59. The summed E-state index contributed by atoms with van der Waals surface area (Å²) in [5, 5.41) is 3.51. The molecule has 180 valence electrons. The summed E-state index contributed by atoms with van der Waals surface area (Å²) in [6, 6.07) is 14.8. The molecule has 2 aromatic carbocycles. The van der Waals surface area contributed by atoms with Crippen LogP contribution in [0, 0.1) is 0 Å². The van der Waals surface area contributed by atoms with Crippen LogP contribution in [0.25, 0.3) is 11.0 Å². The van der Waals surface area contributed by atoms with Gasteiger partial charge >= 0.3 is 0 Å². The Labute approximate surface area is 205 Å². The minimum Gasteiger partial charge on any atom is -0.484 e. The number of para-hydroxylation sites is 2. The Balaban J connectivity index is 1.31. The van der Waals surface area contributed by atoms with Crippen molar-refractivity contribution in [1.82, 2.24) is 19.8 Å². The van der Waals surface area contributed by atoms with Crippen molar-refractivity contribution < 1.29 is 14.3 Å². The number of aryl methyl sites for hydroxylation is 1. The number of hydrogen-bond donors (Lipinski definition) is 1. The highest BCUT2D eigenvalue weighted by Gasteiger charge is 2.19. The van der Waals surface area contributed by atoms with Crippen LogP contribution >= 0.6 is 11.6 Å². The van der Waals surface area contributed by atoms with Crippen LogP contribution in [0.3, 0.4) is 0 Å². The van der Waals surface area contributed by atoms with E-state index >= 15 is 0 Å². The maximum atomic E-state index is 13.0. The van der Waals surface area contributed by atoms with Crippen molar-refractivity contribution in [3.63, 3.8) is 0 Å². The third kappa shape index (κ3) is 6.50. The van der Waals surface area contributed by atoms with Crippen molar-refractivity contribution in [2.24, 2.45) is 0 Å². The number of amides is 2. The average molecular weight is 483 g/mol. The van der Waals surface area contributed by atoms with E-state index in [-0.39, 0.29) is 18.4 Å². The Hall–Kier alpha value is -3.06. The van der Waals surface area contributed by atoms with Gasteiger partial charge in [0, 0.05) is 31.1 Å². The fraction of sp³-hybridized carbons (Fsp3) is 0.423. The fourth-order valence-electron chi connectivity index (χ4n) is 4.25.